The third kappa shape index (κ3) is 3.04. The van der Waals surface area contributed by atoms with Crippen LogP contribution in [-0.4, -0.2) is 23.7 Å². The lowest BCUT2D eigenvalue weighted by Gasteiger charge is -2.25. The number of aryl methyl sites for hydroxylation is 2. The highest BCUT2D eigenvalue weighted by Crippen LogP contribution is 2.24. The second-order valence-corrected chi connectivity index (χ2v) is 6.23. The molecule has 20 heavy (non-hydrogen) atoms. The van der Waals surface area contributed by atoms with E-state index in [1.54, 1.807) is 0 Å². The fourth-order valence-corrected chi connectivity index (χ4v) is 3.50. The molecule has 1 saturated carbocycles. The summed E-state index contributed by atoms with van der Waals surface area (Å²) < 4.78 is 0. The van der Waals surface area contributed by atoms with Gasteiger partial charge >= 0.3 is 0 Å². The van der Waals surface area contributed by atoms with E-state index in [9.17, 15) is 9.90 Å². The van der Waals surface area contributed by atoms with E-state index < -0.39 is 0 Å². The summed E-state index contributed by atoms with van der Waals surface area (Å²) in [6.07, 6.45) is 7.20. The van der Waals surface area contributed by atoms with Crippen molar-refractivity contribution >= 4 is 5.91 Å². The Morgan fingerprint density at radius 3 is 2.90 bits per heavy atom. The molecule has 0 aromatic heterocycles. The minimum absolute atomic E-state index is 0.0276. The molecule has 2 unspecified atom stereocenters. The number of carbonyl (C=O) groups is 1. The number of aliphatic hydroxyl groups excluding tert-OH is 1. The highest BCUT2D eigenvalue weighted by Gasteiger charge is 2.21. The molecule has 2 aliphatic rings. The Labute approximate surface area is 120 Å². The molecular weight excluding hydrogens is 250 g/mol. The van der Waals surface area contributed by atoms with E-state index in [2.05, 4.69) is 11.4 Å². The Kier molecular flexibility index (Phi) is 4.06. The van der Waals surface area contributed by atoms with Crippen LogP contribution in [0.25, 0.3) is 0 Å². The first-order valence-electron chi connectivity index (χ1n) is 7.80. The zero-order valence-electron chi connectivity index (χ0n) is 11.9. The molecule has 1 fully saturated rings. The van der Waals surface area contributed by atoms with Gasteiger partial charge in [-0.2, -0.15) is 0 Å². The van der Waals surface area contributed by atoms with Gasteiger partial charge in [-0.1, -0.05) is 12.5 Å². The molecule has 3 nitrogen and oxygen atoms in total. The summed E-state index contributed by atoms with van der Waals surface area (Å²) in [4.78, 5) is 12.2. The predicted molar refractivity (Wildman–Crippen MR) is 78.8 cm³/mol. The maximum atomic E-state index is 12.2. The van der Waals surface area contributed by atoms with Crippen LogP contribution in [0.4, 0.5) is 0 Å². The summed E-state index contributed by atoms with van der Waals surface area (Å²) in [7, 11) is 0. The third-order valence-electron chi connectivity index (χ3n) is 4.67. The Morgan fingerprint density at radius 2 is 2.05 bits per heavy atom. The van der Waals surface area contributed by atoms with Crippen molar-refractivity contribution in [1.29, 1.82) is 0 Å². The van der Waals surface area contributed by atoms with Gasteiger partial charge in [-0.15, -0.1) is 0 Å². The van der Waals surface area contributed by atoms with E-state index in [0.29, 0.717) is 12.5 Å². The molecule has 0 spiro atoms. The van der Waals surface area contributed by atoms with E-state index in [-0.39, 0.29) is 12.0 Å². The van der Waals surface area contributed by atoms with Crippen LogP contribution in [0.5, 0.6) is 0 Å². The van der Waals surface area contributed by atoms with Gasteiger partial charge in [0.25, 0.3) is 5.91 Å². The van der Waals surface area contributed by atoms with Crippen LogP contribution in [0, 0.1) is 5.92 Å². The number of carbonyl (C=O) groups excluding carboxylic acids is 1. The van der Waals surface area contributed by atoms with Crippen LogP contribution >= 0.6 is 0 Å². The van der Waals surface area contributed by atoms with Crippen molar-refractivity contribution in [3.05, 3.63) is 34.9 Å². The second-order valence-electron chi connectivity index (χ2n) is 6.23. The van der Waals surface area contributed by atoms with Gasteiger partial charge in [0.2, 0.25) is 0 Å². The lowest BCUT2D eigenvalue weighted by Crippen LogP contribution is -2.33. The fraction of sp³-hybridized carbons (Fsp3) is 0.588. The highest BCUT2D eigenvalue weighted by molar-refractivity contribution is 5.94. The van der Waals surface area contributed by atoms with E-state index in [0.717, 1.165) is 44.1 Å². The molecule has 0 aliphatic heterocycles. The van der Waals surface area contributed by atoms with E-state index >= 15 is 0 Å². The monoisotopic (exact) mass is 273 g/mol. The molecule has 2 aliphatic carbocycles. The van der Waals surface area contributed by atoms with Gasteiger partial charge in [0.1, 0.15) is 0 Å². The summed E-state index contributed by atoms with van der Waals surface area (Å²) in [5, 5.41) is 12.7. The molecule has 0 heterocycles. The summed E-state index contributed by atoms with van der Waals surface area (Å²) in [6.45, 7) is 0.687. The van der Waals surface area contributed by atoms with Gasteiger partial charge in [-0.25, -0.2) is 0 Å². The fourth-order valence-electron chi connectivity index (χ4n) is 3.50. The standard InChI is InChI=1S/C17H23NO2/c19-16-6-1-3-12(9-16)11-18-17(20)15-8-7-13-4-2-5-14(13)10-15/h7-8,10,12,16,19H,1-6,9,11H2,(H,18,20). The molecule has 0 bridgehead atoms. The number of benzene rings is 1. The van der Waals surface area contributed by atoms with Crippen LogP contribution in [0.3, 0.4) is 0 Å². The minimum atomic E-state index is -0.175. The Morgan fingerprint density at radius 1 is 1.20 bits per heavy atom. The molecule has 2 N–H and O–H groups in total. The summed E-state index contributed by atoms with van der Waals surface area (Å²) >= 11 is 0. The quantitative estimate of drug-likeness (QED) is 0.888. The molecule has 1 aromatic carbocycles. The van der Waals surface area contributed by atoms with Gasteiger partial charge in [0.05, 0.1) is 6.10 Å². The highest BCUT2D eigenvalue weighted by atomic mass is 16.3. The first-order valence-corrected chi connectivity index (χ1v) is 7.80. The number of amides is 1. The Balaban J connectivity index is 1.56. The number of nitrogens with one attached hydrogen (secondary N) is 1. The lowest BCUT2D eigenvalue weighted by molar-refractivity contribution is 0.0873. The van der Waals surface area contributed by atoms with Crippen LogP contribution < -0.4 is 5.32 Å². The van der Waals surface area contributed by atoms with Gasteiger partial charge < -0.3 is 10.4 Å². The predicted octanol–water partition coefficient (Wildman–Crippen LogP) is 2.46. The van der Waals surface area contributed by atoms with E-state index in [1.165, 1.54) is 17.5 Å². The number of hydrogen-bond donors (Lipinski definition) is 2. The van der Waals surface area contributed by atoms with Crippen molar-refractivity contribution in [2.45, 2.75) is 51.0 Å². The zero-order chi connectivity index (χ0) is 13.9. The molecule has 2 atom stereocenters. The van der Waals surface area contributed by atoms with Crippen molar-refractivity contribution in [3.63, 3.8) is 0 Å². The van der Waals surface area contributed by atoms with Crippen LogP contribution in [0.15, 0.2) is 18.2 Å². The van der Waals surface area contributed by atoms with Gasteiger partial charge in [-0.3, -0.25) is 4.79 Å². The Bertz CT molecular complexity index is 498. The van der Waals surface area contributed by atoms with Crippen LogP contribution in [0.2, 0.25) is 0 Å². The minimum Gasteiger partial charge on any atom is -0.393 e. The summed E-state index contributed by atoms with van der Waals surface area (Å²) in [5.41, 5.74) is 3.52. The topological polar surface area (TPSA) is 49.3 Å². The molecule has 0 radical (unpaired) electrons. The van der Waals surface area contributed by atoms with Gasteiger partial charge in [-0.05, 0) is 67.7 Å². The molecule has 1 amide bonds. The lowest BCUT2D eigenvalue weighted by atomic mass is 9.87. The van der Waals surface area contributed by atoms with Gasteiger partial charge in [0.15, 0.2) is 0 Å². The Hall–Kier alpha value is -1.35. The number of hydrogen-bond acceptors (Lipinski definition) is 2. The van der Waals surface area contributed by atoms with Crippen LogP contribution in [0.1, 0.15) is 53.6 Å². The zero-order valence-corrected chi connectivity index (χ0v) is 11.9. The molecular formula is C17H23NO2. The van der Waals surface area contributed by atoms with E-state index in [1.807, 2.05) is 12.1 Å². The van der Waals surface area contributed by atoms with Gasteiger partial charge in [0, 0.05) is 12.1 Å². The van der Waals surface area contributed by atoms with Crippen molar-refractivity contribution in [2.24, 2.45) is 5.92 Å². The van der Waals surface area contributed by atoms with E-state index in [4.69, 9.17) is 0 Å². The normalized spacial score (nSPS) is 25.2. The SMILES string of the molecule is O=C(NCC1CCCC(O)C1)c1ccc2c(c1)CCC2. The smallest absolute Gasteiger partial charge is 0.251 e. The molecule has 0 saturated heterocycles. The molecule has 3 heteroatoms. The van der Waals surface area contributed by atoms with Crippen molar-refractivity contribution in [2.75, 3.05) is 6.54 Å². The number of aliphatic hydroxyl groups is 1. The number of rotatable bonds is 3. The van der Waals surface area contributed by atoms with Crippen molar-refractivity contribution in [1.82, 2.24) is 5.32 Å². The van der Waals surface area contributed by atoms with Crippen LogP contribution in [-0.2, 0) is 12.8 Å². The van der Waals surface area contributed by atoms with Crippen molar-refractivity contribution < 1.29 is 9.90 Å². The summed E-state index contributed by atoms with van der Waals surface area (Å²) in [6, 6.07) is 6.09. The largest absolute Gasteiger partial charge is 0.393 e. The molecule has 3 rings (SSSR count). The summed E-state index contributed by atoms with van der Waals surface area (Å²) in [5.74, 6) is 0.455. The first kappa shape index (κ1) is 13.6. The third-order valence-corrected chi connectivity index (χ3v) is 4.67. The number of fused-ring (bicyclic) bond motifs is 1. The second kappa shape index (κ2) is 5.96. The average molecular weight is 273 g/mol. The maximum absolute atomic E-state index is 12.2. The first-order chi connectivity index (χ1) is 9.72. The van der Waals surface area contributed by atoms with Crippen molar-refractivity contribution in [3.8, 4) is 0 Å². The average Bonchev–Trinajstić information content (AvgIpc) is 2.92. The maximum Gasteiger partial charge on any atom is 0.251 e. The molecule has 108 valence electrons. The molecule has 1 aromatic rings.